The number of nitrogens with zero attached hydrogens (tertiary/aromatic N) is 1. The Bertz CT molecular complexity index is 746. The number of carboxylic acid groups (broad SMARTS) is 1. The SMILES string of the molecule is CC(NS(=O)(=O)c1cccs1)C(=O)N1C[C@@H]2CCC[C@@]2(C(=O)O)C1. The molecule has 1 aromatic rings. The van der Waals surface area contributed by atoms with Crippen LogP contribution in [-0.4, -0.2) is 49.4 Å². The molecule has 0 bridgehead atoms. The highest BCUT2D eigenvalue weighted by Crippen LogP contribution is 2.48. The lowest BCUT2D eigenvalue weighted by Gasteiger charge is -2.25. The molecule has 9 heteroatoms. The van der Waals surface area contributed by atoms with Crippen LogP contribution < -0.4 is 4.72 Å². The summed E-state index contributed by atoms with van der Waals surface area (Å²) in [7, 11) is -3.74. The molecule has 1 amide bonds. The lowest BCUT2D eigenvalue weighted by atomic mass is 9.81. The highest BCUT2D eigenvalue weighted by molar-refractivity contribution is 7.91. The molecule has 1 aliphatic heterocycles. The van der Waals surface area contributed by atoms with Gasteiger partial charge in [-0.3, -0.25) is 9.59 Å². The second-order valence-electron chi connectivity index (χ2n) is 6.54. The van der Waals surface area contributed by atoms with Crippen molar-refractivity contribution in [3.63, 3.8) is 0 Å². The zero-order chi connectivity index (χ0) is 17.5. The minimum atomic E-state index is -3.74. The van der Waals surface area contributed by atoms with Crippen LogP contribution in [0.2, 0.25) is 0 Å². The van der Waals surface area contributed by atoms with Gasteiger partial charge in [-0.1, -0.05) is 12.5 Å². The quantitative estimate of drug-likeness (QED) is 0.806. The third kappa shape index (κ3) is 2.84. The van der Waals surface area contributed by atoms with Crippen molar-refractivity contribution in [2.75, 3.05) is 13.1 Å². The van der Waals surface area contributed by atoms with E-state index in [-0.39, 0.29) is 22.6 Å². The lowest BCUT2D eigenvalue weighted by Crippen LogP contribution is -2.47. The molecule has 3 rings (SSSR count). The molecule has 7 nitrogen and oxygen atoms in total. The Morgan fingerprint density at radius 3 is 2.83 bits per heavy atom. The molecule has 3 atom stereocenters. The molecule has 1 saturated carbocycles. The van der Waals surface area contributed by atoms with Crippen LogP contribution in [0.25, 0.3) is 0 Å². The topological polar surface area (TPSA) is 104 Å². The van der Waals surface area contributed by atoms with E-state index in [1.165, 1.54) is 17.9 Å². The van der Waals surface area contributed by atoms with Gasteiger partial charge in [0.15, 0.2) is 0 Å². The first kappa shape index (κ1) is 17.4. The van der Waals surface area contributed by atoms with Gasteiger partial charge in [0.1, 0.15) is 4.21 Å². The van der Waals surface area contributed by atoms with Crippen LogP contribution in [0, 0.1) is 11.3 Å². The summed E-state index contributed by atoms with van der Waals surface area (Å²) in [6.07, 6.45) is 2.23. The Morgan fingerprint density at radius 1 is 1.50 bits per heavy atom. The first-order chi connectivity index (χ1) is 11.3. The van der Waals surface area contributed by atoms with Crippen molar-refractivity contribution in [1.82, 2.24) is 9.62 Å². The molecule has 1 unspecified atom stereocenters. The van der Waals surface area contributed by atoms with E-state index in [9.17, 15) is 23.1 Å². The number of amides is 1. The number of carbonyl (C=O) groups excluding carboxylic acids is 1. The van der Waals surface area contributed by atoms with E-state index in [0.717, 1.165) is 24.2 Å². The predicted octanol–water partition coefficient (Wildman–Crippen LogP) is 1.13. The number of fused-ring (bicyclic) bond motifs is 1. The summed E-state index contributed by atoms with van der Waals surface area (Å²) in [6.45, 7) is 2.04. The number of carboxylic acids is 1. The monoisotopic (exact) mass is 372 g/mol. The summed E-state index contributed by atoms with van der Waals surface area (Å²) in [4.78, 5) is 25.8. The molecule has 0 spiro atoms. The highest BCUT2D eigenvalue weighted by atomic mass is 32.2. The van der Waals surface area contributed by atoms with Crippen LogP contribution >= 0.6 is 11.3 Å². The molecule has 0 radical (unpaired) electrons. The maximum absolute atomic E-state index is 12.6. The molecule has 2 N–H and O–H groups in total. The standard InChI is InChI=1S/C15H20N2O5S2/c1-10(16-24(21,22)12-5-3-7-23-12)13(18)17-8-11-4-2-6-15(11,9-17)14(19)20/h3,5,7,10-11,16H,2,4,6,8-9H2,1H3,(H,19,20)/t10?,11-,15+/m0/s1. The summed E-state index contributed by atoms with van der Waals surface area (Å²) in [5, 5.41) is 11.2. The van der Waals surface area contributed by atoms with Gasteiger partial charge >= 0.3 is 5.97 Å². The summed E-state index contributed by atoms with van der Waals surface area (Å²) in [5.41, 5.74) is -0.859. The van der Waals surface area contributed by atoms with Gasteiger partial charge in [-0.15, -0.1) is 11.3 Å². The van der Waals surface area contributed by atoms with E-state index in [1.54, 1.807) is 11.4 Å². The Labute approximate surface area is 144 Å². The van der Waals surface area contributed by atoms with Gasteiger partial charge in [-0.2, -0.15) is 4.72 Å². The van der Waals surface area contributed by atoms with Crippen molar-refractivity contribution < 1.29 is 23.1 Å². The average Bonchev–Trinajstić information content (AvgIpc) is 3.20. The van der Waals surface area contributed by atoms with Crippen molar-refractivity contribution in [3.05, 3.63) is 17.5 Å². The zero-order valence-electron chi connectivity index (χ0n) is 13.3. The number of thiophene rings is 1. The van der Waals surface area contributed by atoms with Crippen LogP contribution in [0.15, 0.2) is 21.7 Å². The normalized spacial score (nSPS) is 27.9. The number of hydrogen-bond acceptors (Lipinski definition) is 5. The van der Waals surface area contributed by atoms with Crippen molar-refractivity contribution in [1.29, 1.82) is 0 Å². The van der Waals surface area contributed by atoms with E-state index >= 15 is 0 Å². The van der Waals surface area contributed by atoms with Gasteiger partial charge in [-0.25, -0.2) is 8.42 Å². The molecule has 132 valence electrons. The molecule has 2 fully saturated rings. The van der Waals surface area contributed by atoms with Crippen molar-refractivity contribution in [3.8, 4) is 0 Å². The van der Waals surface area contributed by atoms with Gasteiger partial charge in [0.2, 0.25) is 5.91 Å². The van der Waals surface area contributed by atoms with Gasteiger partial charge in [0, 0.05) is 13.1 Å². The first-order valence-corrected chi connectivity index (χ1v) is 10.2. The number of rotatable bonds is 5. The predicted molar refractivity (Wildman–Crippen MR) is 88.1 cm³/mol. The fourth-order valence-electron chi connectivity index (χ4n) is 3.84. The summed E-state index contributed by atoms with van der Waals surface area (Å²) < 4.78 is 27.0. The Hall–Kier alpha value is -1.45. The van der Waals surface area contributed by atoms with Gasteiger partial charge in [-0.05, 0) is 37.1 Å². The van der Waals surface area contributed by atoms with E-state index < -0.39 is 27.4 Å². The molecule has 1 aromatic heterocycles. The van der Waals surface area contributed by atoms with Crippen LogP contribution in [0.4, 0.5) is 0 Å². The average molecular weight is 372 g/mol. The Morgan fingerprint density at radius 2 is 2.25 bits per heavy atom. The number of hydrogen-bond donors (Lipinski definition) is 2. The van der Waals surface area contributed by atoms with Gasteiger partial charge in [0.25, 0.3) is 10.0 Å². The van der Waals surface area contributed by atoms with Gasteiger partial charge < -0.3 is 10.0 Å². The van der Waals surface area contributed by atoms with Crippen LogP contribution in [0.1, 0.15) is 26.2 Å². The molecule has 24 heavy (non-hydrogen) atoms. The second kappa shape index (κ2) is 6.12. The number of nitrogens with one attached hydrogen (secondary N) is 1. The van der Waals surface area contributed by atoms with E-state index in [0.29, 0.717) is 13.0 Å². The number of likely N-dealkylation sites (tertiary alicyclic amines) is 1. The number of carbonyl (C=O) groups is 2. The lowest BCUT2D eigenvalue weighted by molar-refractivity contribution is -0.149. The fraction of sp³-hybridized carbons (Fsp3) is 0.600. The fourth-order valence-corrected chi connectivity index (χ4v) is 6.04. The largest absolute Gasteiger partial charge is 0.481 e. The third-order valence-corrected chi connectivity index (χ3v) is 8.01. The van der Waals surface area contributed by atoms with E-state index in [1.807, 2.05) is 0 Å². The summed E-state index contributed by atoms with van der Waals surface area (Å²) >= 11 is 1.08. The minimum absolute atomic E-state index is 0.0416. The van der Waals surface area contributed by atoms with Crippen molar-refractivity contribution in [2.24, 2.45) is 11.3 Å². The van der Waals surface area contributed by atoms with E-state index in [2.05, 4.69) is 4.72 Å². The molecule has 1 saturated heterocycles. The van der Waals surface area contributed by atoms with Crippen molar-refractivity contribution in [2.45, 2.75) is 36.4 Å². The maximum atomic E-state index is 12.6. The van der Waals surface area contributed by atoms with Crippen LogP contribution in [0.3, 0.4) is 0 Å². The van der Waals surface area contributed by atoms with Crippen LogP contribution in [0.5, 0.6) is 0 Å². The Balaban J connectivity index is 1.70. The van der Waals surface area contributed by atoms with E-state index in [4.69, 9.17) is 0 Å². The van der Waals surface area contributed by atoms with Crippen LogP contribution in [-0.2, 0) is 19.6 Å². The molecule has 2 heterocycles. The maximum Gasteiger partial charge on any atom is 0.311 e. The smallest absolute Gasteiger partial charge is 0.311 e. The zero-order valence-corrected chi connectivity index (χ0v) is 14.9. The molecular weight excluding hydrogens is 352 g/mol. The minimum Gasteiger partial charge on any atom is -0.481 e. The second-order valence-corrected chi connectivity index (χ2v) is 9.43. The molecule has 2 aliphatic rings. The third-order valence-electron chi connectivity index (χ3n) is 5.07. The summed E-state index contributed by atoms with van der Waals surface area (Å²) in [6, 6.07) is 2.18. The molecule has 1 aliphatic carbocycles. The number of aliphatic carboxylic acids is 1. The molecule has 0 aromatic carbocycles. The molecular formula is C15H20N2O5S2. The first-order valence-electron chi connectivity index (χ1n) is 7.84. The van der Waals surface area contributed by atoms with Crippen molar-refractivity contribution >= 4 is 33.2 Å². The van der Waals surface area contributed by atoms with Gasteiger partial charge in [0.05, 0.1) is 11.5 Å². The Kier molecular flexibility index (Phi) is 4.43. The summed E-state index contributed by atoms with van der Waals surface area (Å²) in [5.74, 6) is -1.27. The highest BCUT2D eigenvalue weighted by Gasteiger charge is 2.56. The number of sulfonamides is 1.